The molecule has 0 spiro atoms. The van der Waals surface area contributed by atoms with Crippen LogP contribution in [0.5, 0.6) is 5.75 Å². The molecule has 1 N–H and O–H groups in total. The van der Waals surface area contributed by atoms with Gasteiger partial charge in [-0.25, -0.2) is 0 Å². The van der Waals surface area contributed by atoms with E-state index in [4.69, 9.17) is 9.26 Å². The molecule has 28 heavy (non-hydrogen) atoms. The van der Waals surface area contributed by atoms with E-state index in [-0.39, 0.29) is 5.91 Å². The Morgan fingerprint density at radius 3 is 2.71 bits per heavy atom. The second kappa shape index (κ2) is 9.99. The van der Waals surface area contributed by atoms with Gasteiger partial charge in [-0.05, 0) is 37.6 Å². The highest BCUT2D eigenvalue weighted by Gasteiger charge is 2.11. The molecule has 0 aliphatic carbocycles. The number of nitrogens with zero attached hydrogens (tertiary/aromatic N) is 1. The van der Waals surface area contributed by atoms with Crippen molar-refractivity contribution in [1.29, 1.82) is 0 Å². The van der Waals surface area contributed by atoms with Crippen LogP contribution < -0.4 is 10.1 Å². The first-order valence-electron chi connectivity index (χ1n) is 9.18. The van der Waals surface area contributed by atoms with E-state index in [1.165, 1.54) is 5.56 Å². The smallest absolute Gasteiger partial charge is 0.251 e. The molecular weight excluding hydrogens is 372 g/mol. The Balaban J connectivity index is 1.44. The Bertz CT molecular complexity index is 890. The van der Waals surface area contributed by atoms with Crippen LogP contribution in [-0.2, 0) is 12.4 Å². The summed E-state index contributed by atoms with van der Waals surface area (Å²) in [5.41, 5.74) is 3.64. The van der Waals surface area contributed by atoms with Crippen LogP contribution >= 0.6 is 11.8 Å². The Morgan fingerprint density at radius 2 is 1.96 bits per heavy atom. The van der Waals surface area contributed by atoms with Crippen LogP contribution in [0.3, 0.4) is 0 Å². The van der Waals surface area contributed by atoms with Crippen LogP contribution in [0.2, 0.25) is 0 Å². The zero-order valence-corrected chi connectivity index (χ0v) is 16.9. The SMILES string of the molecule is Cc1noc(C)c1COc1cccc(C(=O)NCCSCc2ccccc2)c1. The lowest BCUT2D eigenvalue weighted by molar-refractivity contribution is 0.0955. The van der Waals surface area contributed by atoms with Gasteiger partial charge in [-0.1, -0.05) is 41.6 Å². The van der Waals surface area contributed by atoms with Gasteiger partial charge in [-0.15, -0.1) is 0 Å². The summed E-state index contributed by atoms with van der Waals surface area (Å²) in [6, 6.07) is 17.5. The first-order valence-corrected chi connectivity index (χ1v) is 10.3. The van der Waals surface area contributed by atoms with Crippen molar-refractivity contribution in [3.8, 4) is 5.75 Å². The fourth-order valence-electron chi connectivity index (χ4n) is 2.69. The standard InChI is InChI=1S/C22H24N2O3S/c1-16-21(17(2)27-24-16)14-26-20-10-6-9-19(13-20)22(25)23-11-12-28-15-18-7-4-3-5-8-18/h3-10,13H,11-12,14-15H2,1-2H3,(H,23,25). The van der Waals surface area contributed by atoms with Crippen molar-refractivity contribution in [3.05, 3.63) is 82.7 Å². The van der Waals surface area contributed by atoms with Gasteiger partial charge in [0.15, 0.2) is 0 Å². The van der Waals surface area contributed by atoms with E-state index in [1.807, 2.05) is 44.2 Å². The second-order valence-corrected chi connectivity index (χ2v) is 7.52. The predicted octanol–water partition coefficient (Wildman–Crippen LogP) is 4.53. The molecular formula is C22H24N2O3S. The average Bonchev–Trinajstić information content (AvgIpc) is 3.04. The minimum atomic E-state index is -0.0944. The van der Waals surface area contributed by atoms with Gasteiger partial charge in [0.1, 0.15) is 18.1 Å². The zero-order valence-electron chi connectivity index (χ0n) is 16.1. The number of hydrogen-bond donors (Lipinski definition) is 1. The molecule has 0 unspecified atom stereocenters. The molecule has 0 saturated heterocycles. The molecule has 0 saturated carbocycles. The highest BCUT2D eigenvalue weighted by molar-refractivity contribution is 7.98. The molecule has 0 aliphatic rings. The van der Waals surface area contributed by atoms with E-state index in [0.717, 1.165) is 28.5 Å². The molecule has 5 nitrogen and oxygen atoms in total. The lowest BCUT2D eigenvalue weighted by Gasteiger charge is -2.09. The normalized spacial score (nSPS) is 10.6. The Labute approximate surface area is 169 Å². The van der Waals surface area contributed by atoms with Gasteiger partial charge in [0.25, 0.3) is 5.91 Å². The highest BCUT2D eigenvalue weighted by atomic mass is 32.2. The maximum absolute atomic E-state index is 12.4. The number of carbonyl (C=O) groups is 1. The van der Waals surface area contributed by atoms with Crippen molar-refractivity contribution in [3.63, 3.8) is 0 Å². The van der Waals surface area contributed by atoms with Crippen LogP contribution in [0.15, 0.2) is 59.1 Å². The van der Waals surface area contributed by atoms with Gasteiger partial charge in [-0.3, -0.25) is 4.79 Å². The first-order chi connectivity index (χ1) is 13.6. The first kappa shape index (κ1) is 20.0. The fraction of sp³-hybridized carbons (Fsp3) is 0.273. The van der Waals surface area contributed by atoms with E-state index in [2.05, 4.69) is 22.6 Å². The van der Waals surface area contributed by atoms with Gasteiger partial charge in [0.2, 0.25) is 0 Å². The molecule has 0 aliphatic heterocycles. The van der Waals surface area contributed by atoms with Gasteiger partial charge >= 0.3 is 0 Å². The topological polar surface area (TPSA) is 64.4 Å². The molecule has 0 atom stereocenters. The molecule has 1 aromatic heterocycles. The number of rotatable bonds is 9. The number of hydrogen-bond acceptors (Lipinski definition) is 5. The minimum Gasteiger partial charge on any atom is -0.489 e. The van der Waals surface area contributed by atoms with Gasteiger partial charge in [0, 0.05) is 23.6 Å². The molecule has 1 amide bonds. The van der Waals surface area contributed by atoms with Crippen LogP contribution in [-0.4, -0.2) is 23.4 Å². The third-order valence-corrected chi connectivity index (χ3v) is 5.33. The number of thioether (sulfide) groups is 1. The molecule has 0 fully saturated rings. The number of aromatic nitrogens is 1. The van der Waals surface area contributed by atoms with E-state index in [0.29, 0.717) is 24.5 Å². The van der Waals surface area contributed by atoms with Crippen LogP contribution in [0.1, 0.15) is 32.9 Å². The van der Waals surface area contributed by atoms with Gasteiger partial charge in [0.05, 0.1) is 11.3 Å². The zero-order chi connectivity index (χ0) is 19.8. The lowest BCUT2D eigenvalue weighted by Crippen LogP contribution is -2.25. The number of amides is 1. The molecule has 146 valence electrons. The van der Waals surface area contributed by atoms with Crippen molar-refractivity contribution in [2.24, 2.45) is 0 Å². The van der Waals surface area contributed by atoms with Gasteiger partial charge in [-0.2, -0.15) is 11.8 Å². The molecule has 0 bridgehead atoms. The summed E-state index contributed by atoms with van der Waals surface area (Å²) >= 11 is 1.80. The van der Waals surface area contributed by atoms with E-state index < -0.39 is 0 Å². The van der Waals surface area contributed by atoms with Crippen molar-refractivity contribution >= 4 is 17.7 Å². The van der Waals surface area contributed by atoms with E-state index >= 15 is 0 Å². The lowest BCUT2D eigenvalue weighted by atomic mass is 10.2. The highest BCUT2D eigenvalue weighted by Crippen LogP contribution is 2.18. The van der Waals surface area contributed by atoms with E-state index in [1.54, 1.807) is 23.9 Å². The minimum absolute atomic E-state index is 0.0944. The maximum atomic E-state index is 12.4. The predicted molar refractivity (Wildman–Crippen MR) is 112 cm³/mol. The van der Waals surface area contributed by atoms with Crippen LogP contribution in [0.25, 0.3) is 0 Å². The van der Waals surface area contributed by atoms with Gasteiger partial charge < -0.3 is 14.6 Å². The van der Waals surface area contributed by atoms with Crippen LogP contribution in [0, 0.1) is 13.8 Å². The summed E-state index contributed by atoms with van der Waals surface area (Å²) in [5, 5.41) is 6.88. The molecule has 1 heterocycles. The second-order valence-electron chi connectivity index (χ2n) is 6.41. The molecule has 2 aromatic carbocycles. The third-order valence-electron chi connectivity index (χ3n) is 4.30. The number of benzene rings is 2. The summed E-state index contributed by atoms with van der Waals surface area (Å²) in [5.74, 6) is 3.11. The maximum Gasteiger partial charge on any atom is 0.251 e. The van der Waals surface area contributed by atoms with E-state index in [9.17, 15) is 4.79 Å². The summed E-state index contributed by atoms with van der Waals surface area (Å²) in [7, 11) is 0. The average molecular weight is 397 g/mol. The monoisotopic (exact) mass is 396 g/mol. The third kappa shape index (κ3) is 5.63. The number of ether oxygens (including phenoxy) is 1. The molecule has 3 rings (SSSR count). The van der Waals surface area contributed by atoms with Crippen molar-refractivity contribution in [2.75, 3.05) is 12.3 Å². The number of nitrogens with one attached hydrogen (secondary N) is 1. The molecule has 0 radical (unpaired) electrons. The summed E-state index contributed by atoms with van der Waals surface area (Å²) < 4.78 is 11.0. The summed E-state index contributed by atoms with van der Waals surface area (Å²) in [6.45, 7) is 4.73. The largest absolute Gasteiger partial charge is 0.489 e. The Hall–Kier alpha value is -2.73. The molecule has 3 aromatic rings. The van der Waals surface area contributed by atoms with Crippen molar-refractivity contribution < 1.29 is 14.1 Å². The quantitative estimate of drug-likeness (QED) is 0.538. The van der Waals surface area contributed by atoms with Crippen LogP contribution in [0.4, 0.5) is 0 Å². The molecule has 6 heteroatoms. The number of carbonyl (C=O) groups excluding carboxylic acids is 1. The summed E-state index contributed by atoms with van der Waals surface area (Å²) in [4.78, 5) is 12.4. The Morgan fingerprint density at radius 1 is 1.14 bits per heavy atom. The summed E-state index contributed by atoms with van der Waals surface area (Å²) in [6.07, 6.45) is 0. The number of aryl methyl sites for hydroxylation is 2. The fourth-order valence-corrected chi connectivity index (χ4v) is 3.51. The van der Waals surface area contributed by atoms with Crippen molar-refractivity contribution in [1.82, 2.24) is 10.5 Å². The van der Waals surface area contributed by atoms with Crippen molar-refractivity contribution in [2.45, 2.75) is 26.2 Å². The Kier molecular flexibility index (Phi) is 7.14.